The predicted octanol–water partition coefficient (Wildman–Crippen LogP) is 5.83. The molecule has 0 saturated heterocycles. The molecule has 3 rings (SSSR count). The maximum absolute atomic E-state index is 14.7. The van der Waals surface area contributed by atoms with Gasteiger partial charge in [0.1, 0.15) is 11.6 Å². The molecule has 0 aliphatic heterocycles. The monoisotopic (exact) mass is 390 g/mol. The number of rotatable bonds is 8. The van der Waals surface area contributed by atoms with Crippen molar-refractivity contribution in [1.82, 2.24) is 0 Å². The summed E-state index contributed by atoms with van der Waals surface area (Å²) < 4.78 is 24.8. The summed E-state index contributed by atoms with van der Waals surface area (Å²) in [7, 11) is 1.60. The van der Waals surface area contributed by atoms with Gasteiger partial charge in [0.05, 0.1) is 13.7 Å². The molecule has 0 saturated carbocycles. The van der Waals surface area contributed by atoms with E-state index < -0.39 is 5.97 Å². The first-order valence-corrected chi connectivity index (χ1v) is 9.43. The number of hydrogen-bond donors (Lipinski definition) is 0. The van der Waals surface area contributed by atoms with Gasteiger partial charge in [-0.15, -0.1) is 0 Å². The minimum Gasteiger partial charge on any atom is -0.497 e. The number of carbonyl (C=O) groups is 1. The van der Waals surface area contributed by atoms with Gasteiger partial charge in [-0.2, -0.15) is 0 Å². The molecule has 0 N–H and O–H groups in total. The highest BCUT2D eigenvalue weighted by Gasteiger charge is 2.08. The second-order valence-electron chi connectivity index (χ2n) is 6.60. The van der Waals surface area contributed by atoms with Gasteiger partial charge in [0, 0.05) is 11.6 Å². The highest BCUT2D eigenvalue weighted by atomic mass is 19.1. The number of hydrogen-bond acceptors (Lipinski definition) is 3. The van der Waals surface area contributed by atoms with Crippen molar-refractivity contribution in [2.45, 2.75) is 12.8 Å². The first kappa shape index (κ1) is 20.3. The van der Waals surface area contributed by atoms with E-state index in [0.717, 1.165) is 46.9 Å². The van der Waals surface area contributed by atoms with Crippen molar-refractivity contribution < 1.29 is 18.7 Å². The predicted molar refractivity (Wildman–Crippen MR) is 113 cm³/mol. The van der Waals surface area contributed by atoms with Crippen molar-refractivity contribution in [3.8, 4) is 28.0 Å². The van der Waals surface area contributed by atoms with Gasteiger partial charge in [-0.05, 0) is 53.3 Å². The summed E-state index contributed by atoms with van der Waals surface area (Å²) >= 11 is 0. The van der Waals surface area contributed by atoms with Crippen LogP contribution in [0.3, 0.4) is 0 Å². The van der Waals surface area contributed by atoms with E-state index in [-0.39, 0.29) is 5.82 Å². The van der Waals surface area contributed by atoms with Gasteiger partial charge in [-0.1, -0.05) is 55.1 Å². The second-order valence-corrected chi connectivity index (χ2v) is 6.60. The Kier molecular flexibility index (Phi) is 6.80. The summed E-state index contributed by atoms with van der Waals surface area (Å²) in [4.78, 5) is 11.0. The van der Waals surface area contributed by atoms with E-state index in [4.69, 9.17) is 9.47 Å². The maximum Gasteiger partial charge on any atom is 0.330 e. The number of aryl methyl sites for hydroxylation is 1. The summed E-state index contributed by atoms with van der Waals surface area (Å²) in [5, 5.41) is 0. The summed E-state index contributed by atoms with van der Waals surface area (Å²) in [6, 6.07) is 20.6. The third-order valence-corrected chi connectivity index (χ3v) is 4.68. The lowest BCUT2D eigenvalue weighted by Gasteiger charge is -2.09. The Balaban J connectivity index is 1.66. The molecule has 0 unspecified atom stereocenters. The summed E-state index contributed by atoms with van der Waals surface area (Å²) in [6.07, 6.45) is 2.70. The van der Waals surface area contributed by atoms with Gasteiger partial charge in [-0.25, -0.2) is 9.18 Å². The minimum atomic E-state index is -0.402. The molecule has 0 aliphatic carbocycles. The van der Waals surface area contributed by atoms with E-state index in [0.29, 0.717) is 12.2 Å². The van der Waals surface area contributed by atoms with Crippen LogP contribution in [0.2, 0.25) is 0 Å². The van der Waals surface area contributed by atoms with E-state index >= 15 is 0 Å². The van der Waals surface area contributed by atoms with Crippen molar-refractivity contribution in [1.29, 1.82) is 0 Å². The molecule has 0 amide bonds. The molecule has 29 heavy (non-hydrogen) atoms. The Morgan fingerprint density at radius 2 is 1.62 bits per heavy atom. The lowest BCUT2D eigenvalue weighted by Crippen LogP contribution is -2.02. The molecule has 0 heterocycles. The number of ether oxygens (including phenoxy) is 2. The van der Waals surface area contributed by atoms with E-state index in [1.165, 1.54) is 0 Å². The van der Waals surface area contributed by atoms with Crippen molar-refractivity contribution in [3.05, 3.63) is 90.8 Å². The number of halogens is 1. The Morgan fingerprint density at radius 1 is 0.966 bits per heavy atom. The van der Waals surface area contributed by atoms with Gasteiger partial charge in [0.15, 0.2) is 0 Å². The number of methoxy groups -OCH3 is 1. The summed E-state index contributed by atoms with van der Waals surface area (Å²) in [5.41, 5.74) is 4.28. The first-order valence-electron chi connectivity index (χ1n) is 9.43. The lowest BCUT2D eigenvalue weighted by molar-refractivity contribution is -0.137. The van der Waals surface area contributed by atoms with Gasteiger partial charge in [-0.3, -0.25) is 0 Å². The maximum atomic E-state index is 14.7. The van der Waals surface area contributed by atoms with Crippen LogP contribution in [-0.4, -0.2) is 19.7 Å². The van der Waals surface area contributed by atoms with Crippen LogP contribution in [-0.2, 0) is 16.0 Å². The first-order chi connectivity index (χ1) is 14.1. The number of carbonyl (C=O) groups excluding carboxylic acids is 1. The van der Waals surface area contributed by atoms with Crippen LogP contribution >= 0.6 is 0 Å². The summed E-state index contributed by atoms with van der Waals surface area (Å²) in [6.45, 7) is 3.73. The topological polar surface area (TPSA) is 35.5 Å². The molecular formula is C25H23FO3. The van der Waals surface area contributed by atoms with Gasteiger partial charge in [0.25, 0.3) is 0 Å². The number of esters is 1. The van der Waals surface area contributed by atoms with E-state index in [2.05, 4.69) is 6.58 Å². The fraction of sp³-hybridized carbons (Fsp3) is 0.160. The van der Waals surface area contributed by atoms with Crippen LogP contribution in [0.5, 0.6) is 5.75 Å². The molecule has 0 radical (unpaired) electrons. The average Bonchev–Trinajstić information content (AvgIpc) is 2.77. The number of benzene rings is 3. The SMILES string of the molecule is C=CC(=O)OCCCc1ccc(-c2ccc(-c3ccc(OC)cc3)c(F)c2)cc1. The molecule has 148 valence electrons. The molecule has 3 aromatic rings. The lowest BCUT2D eigenvalue weighted by atomic mass is 9.98. The van der Waals surface area contributed by atoms with Crippen molar-refractivity contribution in [3.63, 3.8) is 0 Å². The van der Waals surface area contributed by atoms with E-state index in [1.54, 1.807) is 19.2 Å². The zero-order chi connectivity index (χ0) is 20.6. The van der Waals surface area contributed by atoms with Gasteiger partial charge in [0.2, 0.25) is 0 Å². The van der Waals surface area contributed by atoms with E-state index in [1.807, 2.05) is 54.6 Å². The third kappa shape index (κ3) is 5.32. The Labute approximate surface area is 170 Å². The zero-order valence-electron chi connectivity index (χ0n) is 16.4. The Morgan fingerprint density at radius 3 is 2.24 bits per heavy atom. The molecule has 0 bridgehead atoms. The molecule has 4 heteroatoms. The van der Waals surface area contributed by atoms with Crippen molar-refractivity contribution >= 4 is 5.97 Å². The third-order valence-electron chi connectivity index (χ3n) is 4.68. The molecule has 0 aliphatic rings. The normalized spacial score (nSPS) is 10.4. The van der Waals surface area contributed by atoms with Crippen LogP contribution in [0.15, 0.2) is 79.4 Å². The Bertz CT molecular complexity index is 976. The largest absolute Gasteiger partial charge is 0.497 e. The molecule has 0 fully saturated rings. The highest BCUT2D eigenvalue weighted by Crippen LogP contribution is 2.29. The van der Waals surface area contributed by atoms with Gasteiger partial charge >= 0.3 is 5.97 Å². The molecule has 0 aromatic heterocycles. The average molecular weight is 390 g/mol. The second kappa shape index (κ2) is 9.69. The van der Waals surface area contributed by atoms with Crippen LogP contribution in [0.1, 0.15) is 12.0 Å². The molecule has 0 spiro atoms. The van der Waals surface area contributed by atoms with Crippen LogP contribution in [0, 0.1) is 5.82 Å². The molecule has 3 aromatic carbocycles. The Hall–Kier alpha value is -3.40. The fourth-order valence-corrected chi connectivity index (χ4v) is 3.07. The standard InChI is InChI=1S/C25H23FO3/c1-3-25(27)29-16-4-5-18-6-8-19(9-7-18)21-12-15-23(24(26)17-21)20-10-13-22(28-2)14-11-20/h3,6-15,17H,1,4-5,16H2,2H3. The molecular weight excluding hydrogens is 367 g/mol. The van der Waals surface area contributed by atoms with Crippen molar-refractivity contribution in [2.24, 2.45) is 0 Å². The fourth-order valence-electron chi connectivity index (χ4n) is 3.07. The minimum absolute atomic E-state index is 0.263. The quantitative estimate of drug-likeness (QED) is 0.276. The van der Waals surface area contributed by atoms with Crippen molar-refractivity contribution in [2.75, 3.05) is 13.7 Å². The van der Waals surface area contributed by atoms with Gasteiger partial charge < -0.3 is 9.47 Å². The van der Waals surface area contributed by atoms with Crippen LogP contribution in [0.25, 0.3) is 22.3 Å². The zero-order valence-corrected chi connectivity index (χ0v) is 16.4. The highest BCUT2D eigenvalue weighted by molar-refractivity contribution is 5.81. The smallest absolute Gasteiger partial charge is 0.330 e. The summed E-state index contributed by atoms with van der Waals surface area (Å²) in [5.74, 6) is 0.0750. The van der Waals surface area contributed by atoms with E-state index in [9.17, 15) is 9.18 Å². The molecule has 3 nitrogen and oxygen atoms in total. The van der Waals surface area contributed by atoms with Crippen LogP contribution in [0.4, 0.5) is 4.39 Å². The van der Waals surface area contributed by atoms with Crippen LogP contribution < -0.4 is 4.74 Å². The molecule has 0 atom stereocenters.